The maximum atomic E-state index is 12.4. The monoisotopic (exact) mass is 363 g/mol. The van der Waals surface area contributed by atoms with Gasteiger partial charge in [-0.25, -0.2) is 14.8 Å². The molecule has 0 saturated carbocycles. The third-order valence-corrected chi connectivity index (χ3v) is 4.25. The van der Waals surface area contributed by atoms with E-state index < -0.39 is 12.1 Å². The second-order valence-corrected chi connectivity index (χ2v) is 6.50. The summed E-state index contributed by atoms with van der Waals surface area (Å²) in [5.41, 5.74) is 4.99. The van der Waals surface area contributed by atoms with Gasteiger partial charge in [0, 0.05) is 5.69 Å². The van der Waals surface area contributed by atoms with Crippen molar-refractivity contribution < 1.29 is 14.3 Å². The number of hydrogen-bond donors (Lipinski definition) is 1. The van der Waals surface area contributed by atoms with Crippen molar-refractivity contribution in [2.24, 2.45) is 0 Å². The van der Waals surface area contributed by atoms with Crippen LogP contribution in [0.1, 0.15) is 34.2 Å². The molecule has 1 N–H and O–H groups in total. The van der Waals surface area contributed by atoms with Crippen molar-refractivity contribution >= 4 is 28.6 Å². The molecule has 1 atom stereocenters. The molecule has 0 fully saturated rings. The average molecular weight is 363 g/mol. The number of benzene rings is 2. The Morgan fingerprint density at radius 3 is 2.37 bits per heavy atom. The molecule has 1 heterocycles. The van der Waals surface area contributed by atoms with Crippen LogP contribution in [0.2, 0.25) is 0 Å². The predicted molar refractivity (Wildman–Crippen MR) is 104 cm³/mol. The minimum absolute atomic E-state index is 0.329. The number of carbonyl (C=O) groups is 2. The normalized spacial score (nSPS) is 11.9. The van der Waals surface area contributed by atoms with Gasteiger partial charge < -0.3 is 10.1 Å². The van der Waals surface area contributed by atoms with Crippen LogP contribution in [-0.2, 0) is 9.53 Å². The maximum Gasteiger partial charge on any atom is 0.338 e. The highest BCUT2D eigenvalue weighted by atomic mass is 16.5. The van der Waals surface area contributed by atoms with Gasteiger partial charge in [-0.2, -0.15) is 0 Å². The molecule has 6 nitrogen and oxygen atoms in total. The molecule has 0 spiro atoms. The fourth-order valence-electron chi connectivity index (χ4n) is 2.61. The number of carbonyl (C=O) groups excluding carboxylic acids is 2. The zero-order valence-corrected chi connectivity index (χ0v) is 15.7. The fraction of sp³-hybridized carbons (Fsp3) is 0.238. The highest BCUT2D eigenvalue weighted by Gasteiger charge is 2.19. The molecule has 6 heteroatoms. The molecule has 0 aliphatic rings. The Balaban J connectivity index is 1.71. The molecule has 3 aromatic rings. The predicted octanol–water partition coefficient (Wildman–Crippen LogP) is 3.74. The molecule has 2 aromatic carbocycles. The Labute approximate surface area is 157 Å². The minimum atomic E-state index is -0.931. The van der Waals surface area contributed by atoms with Gasteiger partial charge in [0.2, 0.25) is 0 Å². The Kier molecular flexibility index (Phi) is 5.16. The van der Waals surface area contributed by atoms with Crippen molar-refractivity contribution in [3.05, 3.63) is 65.0 Å². The maximum absolute atomic E-state index is 12.4. The van der Waals surface area contributed by atoms with E-state index in [9.17, 15) is 9.59 Å². The van der Waals surface area contributed by atoms with Crippen LogP contribution in [0.25, 0.3) is 11.0 Å². The molecule has 1 amide bonds. The first-order chi connectivity index (χ1) is 12.8. The zero-order valence-electron chi connectivity index (χ0n) is 15.7. The number of ether oxygens (including phenoxy) is 1. The Morgan fingerprint density at radius 1 is 0.963 bits per heavy atom. The number of rotatable bonds is 4. The topological polar surface area (TPSA) is 81.2 Å². The zero-order chi connectivity index (χ0) is 19.6. The molecule has 3 rings (SSSR count). The van der Waals surface area contributed by atoms with Crippen molar-refractivity contribution in [2.75, 3.05) is 5.32 Å². The number of hydrogen-bond acceptors (Lipinski definition) is 5. The molecule has 0 aliphatic heterocycles. The van der Waals surface area contributed by atoms with E-state index in [1.54, 1.807) is 24.3 Å². The fourth-order valence-corrected chi connectivity index (χ4v) is 2.61. The van der Waals surface area contributed by atoms with Crippen LogP contribution in [0.4, 0.5) is 5.69 Å². The van der Waals surface area contributed by atoms with Gasteiger partial charge in [-0.3, -0.25) is 4.79 Å². The van der Waals surface area contributed by atoms with Crippen LogP contribution < -0.4 is 5.32 Å². The highest BCUT2D eigenvalue weighted by molar-refractivity contribution is 5.98. The van der Waals surface area contributed by atoms with Crippen LogP contribution >= 0.6 is 0 Å². The van der Waals surface area contributed by atoms with E-state index in [2.05, 4.69) is 15.3 Å². The van der Waals surface area contributed by atoms with E-state index >= 15 is 0 Å². The molecular weight excluding hydrogens is 342 g/mol. The van der Waals surface area contributed by atoms with E-state index in [-0.39, 0.29) is 5.91 Å². The van der Waals surface area contributed by atoms with Gasteiger partial charge in [-0.15, -0.1) is 0 Å². The van der Waals surface area contributed by atoms with Crippen molar-refractivity contribution in [3.63, 3.8) is 0 Å². The summed E-state index contributed by atoms with van der Waals surface area (Å²) in [5.74, 6) is -0.968. The molecule has 27 heavy (non-hydrogen) atoms. The van der Waals surface area contributed by atoms with Gasteiger partial charge in [-0.05, 0) is 63.6 Å². The first-order valence-electron chi connectivity index (χ1n) is 8.67. The van der Waals surface area contributed by atoms with E-state index in [0.717, 1.165) is 17.0 Å². The summed E-state index contributed by atoms with van der Waals surface area (Å²) in [7, 11) is 0. The number of nitrogens with zero attached hydrogens (tertiary/aromatic N) is 2. The van der Waals surface area contributed by atoms with Crippen molar-refractivity contribution in [1.29, 1.82) is 0 Å². The van der Waals surface area contributed by atoms with Gasteiger partial charge in [0.25, 0.3) is 5.91 Å². The Hall–Kier alpha value is -3.28. The number of aryl methyl sites for hydroxylation is 3. The summed E-state index contributed by atoms with van der Waals surface area (Å²) in [6.45, 7) is 7.23. The molecule has 0 unspecified atom stereocenters. The summed E-state index contributed by atoms with van der Waals surface area (Å²) >= 11 is 0. The number of amides is 1. The second-order valence-electron chi connectivity index (χ2n) is 6.50. The molecule has 0 radical (unpaired) electrons. The number of anilines is 1. The number of esters is 1. The molecular formula is C21H21N3O3. The van der Waals surface area contributed by atoms with Crippen LogP contribution in [0.5, 0.6) is 0 Å². The van der Waals surface area contributed by atoms with Crippen molar-refractivity contribution in [3.8, 4) is 0 Å². The van der Waals surface area contributed by atoms with Crippen molar-refractivity contribution in [1.82, 2.24) is 9.97 Å². The summed E-state index contributed by atoms with van der Waals surface area (Å²) in [6.07, 6.45) is -0.931. The van der Waals surface area contributed by atoms with Crippen LogP contribution in [0, 0.1) is 20.8 Å². The SMILES string of the molecule is Cc1cccc(NC(=O)[C@H](C)OC(=O)c2ccc3nc(C)c(C)nc3c2)c1. The molecule has 0 saturated heterocycles. The first-order valence-corrected chi connectivity index (χ1v) is 8.67. The van der Waals surface area contributed by atoms with Gasteiger partial charge >= 0.3 is 5.97 Å². The summed E-state index contributed by atoms with van der Waals surface area (Å²) < 4.78 is 5.30. The third-order valence-electron chi connectivity index (χ3n) is 4.25. The standard InChI is InChI=1S/C21H21N3O3/c1-12-6-5-7-17(10-12)24-20(25)15(4)27-21(26)16-8-9-18-19(11-16)23-14(3)13(2)22-18/h5-11,15H,1-4H3,(H,24,25)/t15-/m0/s1. The Bertz CT molecular complexity index is 1030. The van der Waals surface area contributed by atoms with Gasteiger partial charge in [-0.1, -0.05) is 12.1 Å². The summed E-state index contributed by atoms with van der Waals surface area (Å²) in [4.78, 5) is 33.6. The van der Waals surface area contributed by atoms with Crippen LogP contribution in [0.15, 0.2) is 42.5 Å². The summed E-state index contributed by atoms with van der Waals surface area (Å²) in [6, 6.07) is 12.4. The molecule has 0 bridgehead atoms. The third kappa shape index (κ3) is 4.28. The quantitative estimate of drug-likeness (QED) is 0.714. The lowest BCUT2D eigenvalue weighted by Gasteiger charge is -2.14. The average Bonchev–Trinajstić information content (AvgIpc) is 2.62. The number of aromatic nitrogens is 2. The molecule has 1 aromatic heterocycles. The van der Waals surface area contributed by atoms with E-state index in [0.29, 0.717) is 22.3 Å². The Morgan fingerprint density at radius 2 is 1.67 bits per heavy atom. The van der Waals surface area contributed by atoms with Crippen LogP contribution in [0.3, 0.4) is 0 Å². The first kappa shape index (κ1) is 18.5. The smallest absolute Gasteiger partial charge is 0.338 e. The minimum Gasteiger partial charge on any atom is -0.449 e. The van der Waals surface area contributed by atoms with Gasteiger partial charge in [0.05, 0.1) is 28.0 Å². The van der Waals surface area contributed by atoms with Gasteiger partial charge in [0.15, 0.2) is 6.10 Å². The van der Waals surface area contributed by atoms with E-state index in [1.165, 1.54) is 6.92 Å². The number of nitrogens with one attached hydrogen (secondary N) is 1. The molecule has 0 aliphatic carbocycles. The summed E-state index contributed by atoms with van der Waals surface area (Å²) in [5, 5.41) is 2.74. The number of fused-ring (bicyclic) bond motifs is 1. The largest absolute Gasteiger partial charge is 0.449 e. The lowest BCUT2D eigenvalue weighted by atomic mass is 10.2. The van der Waals surface area contributed by atoms with E-state index in [1.807, 2.05) is 39.0 Å². The molecule has 138 valence electrons. The lowest BCUT2D eigenvalue weighted by Crippen LogP contribution is -2.30. The highest BCUT2D eigenvalue weighted by Crippen LogP contribution is 2.16. The van der Waals surface area contributed by atoms with Crippen LogP contribution in [-0.4, -0.2) is 27.9 Å². The van der Waals surface area contributed by atoms with Gasteiger partial charge in [0.1, 0.15) is 0 Å². The van der Waals surface area contributed by atoms with E-state index in [4.69, 9.17) is 4.74 Å². The second kappa shape index (κ2) is 7.53. The van der Waals surface area contributed by atoms with Crippen molar-refractivity contribution in [2.45, 2.75) is 33.8 Å². The lowest BCUT2D eigenvalue weighted by molar-refractivity contribution is -0.123.